The third-order valence-electron chi connectivity index (χ3n) is 11.2. The van der Waals surface area contributed by atoms with Crippen molar-refractivity contribution >= 4 is 46.6 Å². The van der Waals surface area contributed by atoms with Gasteiger partial charge in [0.1, 0.15) is 11.4 Å². The van der Waals surface area contributed by atoms with Gasteiger partial charge in [-0.3, -0.25) is 13.5 Å². The molecule has 0 saturated heterocycles. The number of thiol groups is 1. The van der Waals surface area contributed by atoms with E-state index >= 15 is 0 Å². The van der Waals surface area contributed by atoms with E-state index in [4.69, 9.17) is 29.1 Å². The summed E-state index contributed by atoms with van der Waals surface area (Å²) >= 11 is 5.37. The minimum absolute atomic E-state index is 0.0862. The highest BCUT2D eigenvalue weighted by atomic mass is 32.1. The van der Waals surface area contributed by atoms with Crippen molar-refractivity contribution in [3.8, 4) is 5.69 Å². The molecule has 3 saturated carbocycles. The van der Waals surface area contributed by atoms with Gasteiger partial charge >= 0.3 is 0 Å². The van der Waals surface area contributed by atoms with Crippen molar-refractivity contribution < 1.29 is 4.74 Å². The van der Waals surface area contributed by atoms with E-state index in [-0.39, 0.29) is 11.5 Å². The Labute approximate surface area is 287 Å². The Balaban J connectivity index is 1.56. The predicted molar refractivity (Wildman–Crippen MR) is 201 cm³/mol. The highest BCUT2D eigenvalue weighted by molar-refractivity contribution is 7.79. The zero-order chi connectivity index (χ0) is 32.7. The summed E-state index contributed by atoms with van der Waals surface area (Å²) in [6, 6.07) is 5.11. The second-order valence-corrected chi connectivity index (χ2v) is 16.4. The molecule has 47 heavy (non-hydrogen) atoms. The third-order valence-corrected chi connectivity index (χ3v) is 11.6. The van der Waals surface area contributed by atoms with Gasteiger partial charge < -0.3 is 9.30 Å². The number of hydrogen-bond donors (Lipinski definition) is 1. The van der Waals surface area contributed by atoms with Crippen LogP contribution in [0.4, 0.5) is 0 Å². The molecule has 3 fully saturated rings. The van der Waals surface area contributed by atoms with E-state index in [9.17, 15) is 0 Å². The Morgan fingerprint density at radius 3 is 2.28 bits per heavy atom. The van der Waals surface area contributed by atoms with Gasteiger partial charge in [-0.05, 0) is 87.8 Å². The predicted octanol–water partition coefficient (Wildman–Crippen LogP) is 10.3. The van der Waals surface area contributed by atoms with Crippen LogP contribution in [0.15, 0.2) is 42.9 Å². The monoisotopic (exact) mass is 652 g/mol. The van der Waals surface area contributed by atoms with Crippen LogP contribution in [0.5, 0.6) is 0 Å². The van der Waals surface area contributed by atoms with E-state index in [0.29, 0.717) is 12.0 Å². The van der Waals surface area contributed by atoms with Crippen LogP contribution in [0, 0.1) is 5.41 Å². The van der Waals surface area contributed by atoms with Crippen LogP contribution in [0.2, 0.25) is 0 Å². The van der Waals surface area contributed by atoms with Gasteiger partial charge in [0.25, 0.3) is 0 Å². The molecule has 7 rings (SSSR count). The normalized spacial score (nSPS) is 20.4. The zero-order valence-electron chi connectivity index (χ0n) is 29.4. The van der Waals surface area contributed by atoms with Gasteiger partial charge in [-0.25, -0.2) is 0 Å². The summed E-state index contributed by atoms with van der Waals surface area (Å²) in [6.07, 6.45) is 28.9. The number of hydrogen-bond acceptors (Lipinski definition) is 3. The molecule has 4 aromatic heterocycles. The van der Waals surface area contributed by atoms with E-state index in [1.807, 2.05) is 6.20 Å². The smallest absolute Gasteiger partial charge is 0.137 e. The number of fused-ring (bicyclic) bond motifs is 3. The highest BCUT2D eigenvalue weighted by Crippen LogP contribution is 2.40. The van der Waals surface area contributed by atoms with Crippen molar-refractivity contribution in [2.24, 2.45) is 5.41 Å². The average molecular weight is 653 g/mol. The van der Waals surface area contributed by atoms with Gasteiger partial charge in [0.15, 0.2) is 0 Å². The Morgan fingerprint density at radius 2 is 1.62 bits per heavy atom. The number of pyridine rings is 1. The van der Waals surface area contributed by atoms with Gasteiger partial charge in [0.2, 0.25) is 0 Å². The number of nitrogens with zero attached hydrogens (tertiary/aromatic N) is 4. The number of ether oxygens (including phenoxy) is 1. The Bertz CT molecular complexity index is 1860. The van der Waals surface area contributed by atoms with Crippen LogP contribution in [0.1, 0.15) is 148 Å². The van der Waals surface area contributed by atoms with Crippen molar-refractivity contribution in [2.75, 3.05) is 0 Å². The van der Waals surface area contributed by atoms with Crippen molar-refractivity contribution in [1.82, 2.24) is 18.1 Å². The first-order valence-electron chi connectivity index (χ1n) is 18.7. The lowest BCUT2D eigenvalue weighted by molar-refractivity contribution is 0.122. The maximum absolute atomic E-state index is 7.22. The van der Waals surface area contributed by atoms with Gasteiger partial charge in [-0.1, -0.05) is 91.2 Å². The summed E-state index contributed by atoms with van der Waals surface area (Å²) < 4.78 is 14.3. The van der Waals surface area contributed by atoms with Crippen LogP contribution in [-0.2, 0) is 4.74 Å². The van der Waals surface area contributed by atoms with E-state index < -0.39 is 0 Å². The minimum Gasteiger partial charge on any atom is -0.489 e. The van der Waals surface area contributed by atoms with Crippen LogP contribution < -0.4 is 10.6 Å². The lowest BCUT2D eigenvalue weighted by Gasteiger charge is -2.27. The highest BCUT2D eigenvalue weighted by Gasteiger charge is 2.29. The quantitative estimate of drug-likeness (QED) is 0.202. The summed E-state index contributed by atoms with van der Waals surface area (Å²) in [7, 11) is 0. The summed E-state index contributed by atoms with van der Waals surface area (Å²) in [4.78, 5) is 5.08. The largest absolute Gasteiger partial charge is 0.489 e. The summed E-state index contributed by atoms with van der Waals surface area (Å²) in [5, 5.41) is 4.78. The molecule has 0 atom stereocenters. The molecular formula is C41H56N4OS. The van der Waals surface area contributed by atoms with E-state index in [1.165, 1.54) is 111 Å². The average Bonchev–Trinajstić information content (AvgIpc) is 3.77. The molecule has 3 aliphatic rings. The molecule has 6 heteroatoms. The molecule has 0 unspecified atom stereocenters. The second kappa shape index (κ2) is 13.6. The standard InChI is InChI=1S/C41H56N4OS/c1-6-34-36(39(28(2)26-41(3,4)5)46-32-20-14-9-15-21-32)35-33-22-24-42-37(29-16-10-7-11-17-29)38(33)45(47)40(35)44(34)31-23-25-43(27-31)30-18-12-8-13-19-30/h6,22-25,27,29-30,32,47H,2,7-21,26H2,1,3-5H3/b34-6+,39-36-. The van der Waals surface area contributed by atoms with Gasteiger partial charge in [0, 0.05) is 41.3 Å². The Kier molecular flexibility index (Phi) is 9.43. The molecule has 5 nitrogen and oxygen atoms in total. The Hall–Kier alpha value is -2.86. The first-order chi connectivity index (χ1) is 22.7. The lowest BCUT2D eigenvalue weighted by atomic mass is 9.86. The molecule has 0 aliphatic heterocycles. The topological polar surface area (TPSA) is 36.9 Å². The molecule has 0 aromatic carbocycles. The van der Waals surface area contributed by atoms with Gasteiger partial charge in [-0.2, -0.15) is 0 Å². The molecule has 0 bridgehead atoms. The molecule has 252 valence electrons. The first-order valence-corrected chi connectivity index (χ1v) is 19.1. The molecular weight excluding hydrogens is 597 g/mol. The van der Waals surface area contributed by atoms with Crippen molar-refractivity contribution in [1.29, 1.82) is 0 Å². The van der Waals surface area contributed by atoms with Gasteiger partial charge in [0.05, 0.1) is 33.6 Å². The summed E-state index contributed by atoms with van der Waals surface area (Å²) in [5.74, 6) is 1.45. The van der Waals surface area contributed by atoms with E-state index in [2.05, 4.69) is 71.4 Å². The molecule has 0 N–H and O–H groups in total. The first kappa shape index (κ1) is 32.7. The fourth-order valence-corrected chi connectivity index (χ4v) is 9.40. The summed E-state index contributed by atoms with van der Waals surface area (Å²) in [6.45, 7) is 13.9. The maximum atomic E-state index is 7.22. The molecule has 0 spiro atoms. The molecule has 3 aliphatic carbocycles. The van der Waals surface area contributed by atoms with Crippen LogP contribution in [0.3, 0.4) is 0 Å². The molecule has 4 heterocycles. The molecule has 0 radical (unpaired) electrons. The van der Waals surface area contributed by atoms with E-state index in [0.717, 1.165) is 47.1 Å². The van der Waals surface area contributed by atoms with E-state index in [1.54, 1.807) is 0 Å². The fourth-order valence-electron chi connectivity index (χ4n) is 9.00. The third kappa shape index (κ3) is 6.36. The van der Waals surface area contributed by atoms with Crippen molar-refractivity contribution in [2.45, 2.75) is 148 Å². The van der Waals surface area contributed by atoms with Gasteiger partial charge in [-0.15, -0.1) is 0 Å². The second-order valence-electron chi connectivity index (χ2n) is 16.0. The minimum atomic E-state index is 0.0862. The maximum Gasteiger partial charge on any atom is 0.137 e. The van der Waals surface area contributed by atoms with Crippen LogP contribution in [0.25, 0.3) is 39.5 Å². The summed E-state index contributed by atoms with van der Waals surface area (Å²) in [5.41, 5.74) is 5.83. The zero-order valence-corrected chi connectivity index (χ0v) is 30.3. The van der Waals surface area contributed by atoms with Crippen molar-refractivity contribution in [3.63, 3.8) is 0 Å². The SMILES string of the molecule is C=C(CC(C)(C)C)/C(OC1CCCCC1)=c1\c(=C/C)n(-c2ccn(C3CCCCC3)c2)c2c1c1ccnc(C3CCCCC3)c1n2S. The fraction of sp³-hybridized carbons (Fsp3) is 0.585. The van der Waals surface area contributed by atoms with Crippen molar-refractivity contribution in [3.05, 3.63) is 59.1 Å². The van der Waals surface area contributed by atoms with Crippen LogP contribution in [-0.4, -0.2) is 24.2 Å². The molecule has 4 aromatic rings. The lowest BCUT2D eigenvalue weighted by Crippen LogP contribution is -2.33. The molecule has 0 amide bonds. The Morgan fingerprint density at radius 1 is 0.957 bits per heavy atom. The number of aromatic nitrogens is 4. The van der Waals surface area contributed by atoms with Crippen LogP contribution >= 0.6 is 12.8 Å². The number of rotatable bonds is 7.